The topological polar surface area (TPSA) is 170 Å². The predicted octanol–water partition coefficient (Wildman–Crippen LogP) is 0.695. The fourth-order valence-corrected chi connectivity index (χ4v) is 5.76. The SMILES string of the molecule is C/C=C1\C(=C\c2[nH]c(C=c3[nH]c(=CC4=NC(=O)C(CC)=C4C)c(C)c3CCC(=O)[O-])c(CCC(=O)[O-])c2C)NC(=O)[C@@H]1C. The summed E-state index contributed by atoms with van der Waals surface area (Å²) in [4.78, 5) is 58.4. The first-order valence-electron chi connectivity index (χ1n) is 14.4. The molecular weight excluding hydrogens is 548 g/mol. The van der Waals surface area contributed by atoms with Crippen molar-refractivity contribution in [2.45, 2.75) is 73.6 Å². The van der Waals surface area contributed by atoms with Gasteiger partial charge in [0.15, 0.2) is 0 Å². The highest BCUT2D eigenvalue weighted by molar-refractivity contribution is 6.30. The molecule has 43 heavy (non-hydrogen) atoms. The van der Waals surface area contributed by atoms with Gasteiger partial charge in [0.1, 0.15) is 0 Å². The van der Waals surface area contributed by atoms with Crippen molar-refractivity contribution < 1.29 is 29.4 Å². The maximum atomic E-state index is 12.3. The average molecular weight is 585 g/mol. The van der Waals surface area contributed by atoms with Crippen LogP contribution in [-0.4, -0.2) is 39.4 Å². The molecule has 2 aromatic rings. The molecule has 10 heteroatoms. The Hall–Kier alpha value is -4.73. The van der Waals surface area contributed by atoms with Crippen LogP contribution in [0.4, 0.5) is 0 Å². The number of amides is 2. The van der Waals surface area contributed by atoms with Crippen molar-refractivity contribution in [3.8, 4) is 0 Å². The maximum absolute atomic E-state index is 12.3. The molecule has 2 aliphatic heterocycles. The van der Waals surface area contributed by atoms with Gasteiger partial charge in [0.05, 0.1) is 11.6 Å². The molecule has 0 radical (unpaired) electrons. The second-order valence-corrected chi connectivity index (χ2v) is 10.9. The summed E-state index contributed by atoms with van der Waals surface area (Å²) in [6.45, 7) is 11.2. The fraction of sp³-hybridized carbons (Fsp3) is 0.364. The Morgan fingerprint density at radius 1 is 0.884 bits per heavy atom. The van der Waals surface area contributed by atoms with Gasteiger partial charge >= 0.3 is 0 Å². The van der Waals surface area contributed by atoms with Gasteiger partial charge < -0.3 is 35.1 Å². The molecule has 0 spiro atoms. The summed E-state index contributed by atoms with van der Waals surface area (Å²) in [7, 11) is 0. The zero-order valence-electron chi connectivity index (χ0n) is 25.3. The summed E-state index contributed by atoms with van der Waals surface area (Å²) in [6, 6.07) is 0. The van der Waals surface area contributed by atoms with Crippen LogP contribution in [0.5, 0.6) is 0 Å². The minimum Gasteiger partial charge on any atom is -0.550 e. The van der Waals surface area contributed by atoms with E-state index in [1.54, 1.807) is 6.08 Å². The molecule has 10 nitrogen and oxygen atoms in total. The summed E-state index contributed by atoms with van der Waals surface area (Å²) in [5, 5.41) is 27.0. The first-order chi connectivity index (χ1) is 20.4. The quantitative estimate of drug-likeness (QED) is 0.371. The van der Waals surface area contributed by atoms with Gasteiger partial charge in [-0.05, 0) is 118 Å². The van der Waals surface area contributed by atoms with Crippen LogP contribution in [-0.2, 0) is 32.0 Å². The third-order valence-electron chi connectivity index (χ3n) is 8.33. The van der Waals surface area contributed by atoms with Crippen molar-refractivity contribution in [2.75, 3.05) is 0 Å². The number of carbonyl (C=O) groups excluding carboxylic acids is 4. The lowest BCUT2D eigenvalue weighted by Crippen LogP contribution is -2.23. The Labute approximate surface area is 249 Å². The van der Waals surface area contributed by atoms with E-state index in [1.165, 1.54) is 0 Å². The molecule has 0 bridgehead atoms. The lowest BCUT2D eigenvalue weighted by molar-refractivity contribution is -0.307. The van der Waals surface area contributed by atoms with Crippen LogP contribution in [0.2, 0.25) is 0 Å². The molecule has 1 atom stereocenters. The van der Waals surface area contributed by atoms with Gasteiger partial charge in [0.25, 0.3) is 5.91 Å². The second-order valence-electron chi connectivity index (χ2n) is 10.9. The number of rotatable bonds is 10. The van der Waals surface area contributed by atoms with Crippen LogP contribution in [0, 0.1) is 19.8 Å². The van der Waals surface area contributed by atoms with Crippen LogP contribution >= 0.6 is 0 Å². The summed E-state index contributed by atoms with van der Waals surface area (Å²) in [5.41, 5.74) is 8.06. The van der Waals surface area contributed by atoms with E-state index in [0.717, 1.165) is 33.4 Å². The van der Waals surface area contributed by atoms with Gasteiger partial charge in [0, 0.05) is 45.3 Å². The van der Waals surface area contributed by atoms with E-state index >= 15 is 0 Å². The zero-order valence-corrected chi connectivity index (χ0v) is 25.3. The molecule has 0 aliphatic carbocycles. The summed E-state index contributed by atoms with van der Waals surface area (Å²) >= 11 is 0. The molecule has 3 N–H and O–H groups in total. The number of aromatic nitrogens is 2. The van der Waals surface area contributed by atoms with Gasteiger partial charge in [-0.25, -0.2) is 4.99 Å². The number of nitrogens with one attached hydrogen (secondary N) is 3. The van der Waals surface area contributed by atoms with E-state index in [1.807, 2.05) is 59.8 Å². The molecule has 0 aromatic carbocycles. The number of H-pyrrole nitrogens is 2. The number of nitrogens with zero attached hydrogens (tertiary/aromatic N) is 1. The zero-order chi connectivity index (χ0) is 31.6. The first-order valence-corrected chi connectivity index (χ1v) is 14.4. The summed E-state index contributed by atoms with van der Waals surface area (Å²) < 4.78 is 0. The van der Waals surface area contributed by atoms with Gasteiger partial charge in [-0.1, -0.05) is 13.0 Å². The lowest BCUT2D eigenvalue weighted by atomic mass is 10.00. The van der Waals surface area contributed by atoms with Crippen molar-refractivity contribution in [1.29, 1.82) is 0 Å². The third-order valence-corrected chi connectivity index (χ3v) is 8.33. The van der Waals surface area contributed by atoms with Crippen molar-refractivity contribution >= 4 is 47.7 Å². The fourth-order valence-electron chi connectivity index (χ4n) is 5.76. The van der Waals surface area contributed by atoms with Crippen LogP contribution in [0.25, 0.3) is 18.2 Å². The van der Waals surface area contributed by atoms with Gasteiger partial charge in [-0.2, -0.15) is 0 Å². The molecule has 4 heterocycles. The van der Waals surface area contributed by atoms with Crippen molar-refractivity contribution in [3.05, 3.63) is 72.8 Å². The summed E-state index contributed by atoms with van der Waals surface area (Å²) in [6.07, 6.45) is 7.95. The van der Waals surface area contributed by atoms with Crippen LogP contribution < -0.4 is 26.2 Å². The molecule has 1 fully saturated rings. The summed E-state index contributed by atoms with van der Waals surface area (Å²) in [5.74, 6) is -3.00. The predicted molar refractivity (Wildman–Crippen MR) is 159 cm³/mol. The highest BCUT2D eigenvalue weighted by Gasteiger charge is 2.29. The van der Waals surface area contributed by atoms with Crippen molar-refractivity contribution in [2.24, 2.45) is 10.9 Å². The van der Waals surface area contributed by atoms with Crippen LogP contribution in [0.15, 0.2) is 33.5 Å². The minimum absolute atomic E-state index is 0.0968. The number of hydrogen-bond donors (Lipinski definition) is 3. The third kappa shape index (κ3) is 6.38. The van der Waals surface area contributed by atoms with E-state index in [-0.39, 0.29) is 43.4 Å². The van der Waals surface area contributed by atoms with Gasteiger partial charge in [0.2, 0.25) is 5.91 Å². The molecule has 4 rings (SSSR count). The first kappa shape index (κ1) is 31.2. The van der Waals surface area contributed by atoms with E-state index in [9.17, 15) is 29.4 Å². The monoisotopic (exact) mass is 584 g/mol. The molecule has 226 valence electrons. The Kier molecular flexibility index (Phi) is 9.18. The van der Waals surface area contributed by atoms with E-state index < -0.39 is 11.9 Å². The van der Waals surface area contributed by atoms with E-state index in [4.69, 9.17) is 0 Å². The normalized spacial score (nSPS) is 19.8. The van der Waals surface area contributed by atoms with Gasteiger partial charge in [-0.3, -0.25) is 9.59 Å². The Balaban J connectivity index is 1.91. The molecule has 1 saturated heterocycles. The maximum Gasteiger partial charge on any atom is 0.273 e. The molecule has 2 aromatic heterocycles. The highest BCUT2D eigenvalue weighted by Crippen LogP contribution is 2.29. The molecule has 2 aliphatic rings. The number of allylic oxidation sites excluding steroid dienone is 3. The standard InChI is InChI=1S/C33H38N4O6/c1-7-20-19(6)32(42)37-27(20)14-25-18(5)23(10-12-31(40)41)29(35-25)15-28-22(9-11-30(38)39)17(4)24(34-28)13-26-16(3)21(8-2)33(43)36-26/h7,13-15,19,34-35H,8-12H2,1-6H3,(H,37,42)(H,38,39)(H,40,41)/p-2/b20-7-,24-13?,27-14-,28-15?/t19-/m1/s1. The Bertz CT molecular complexity index is 1780. The van der Waals surface area contributed by atoms with Crippen molar-refractivity contribution in [3.63, 3.8) is 0 Å². The number of carboxylic acids is 2. The smallest absolute Gasteiger partial charge is 0.273 e. The number of aromatic amines is 2. The minimum atomic E-state index is -1.18. The number of aliphatic imine (C=N–C) groups is 1. The van der Waals surface area contributed by atoms with E-state index in [2.05, 4.69) is 20.3 Å². The van der Waals surface area contributed by atoms with Crippen LogP contribution in [0.3, 0.4) is 0 Å². The number of hydrogen-bond acceptors (Lipinski definition) is 6. The molecule has 0 saturated carbocycles. The Morgan fingerprint density at radius 3 is 2.12 bits per heavy atom. The van der Waals surface area contributed by atoms with E-state index in [0.29, 0.717) is 45.5 Å². The number of aliphatic carboxylic acids is 2. The number of carbonyl (C=O) groups is 4. The highest BCUT2D eigenvalue weighted by atomic mass is 16.4. The van der Waals surface area contributed by atoms with Crippen LogP contribution in [0.1, 0.15) is 80.6 Å². The van der Waals surface area contributed by atoms with Gasteiger partial charge in [-0.15, -0.1) is 0 Å². The molecular formula is C33H36N4O6-2. The average Bonchev–Trinajstić information content (AvgIpc) is 3.59. The largest absolute Gasteiger partial charge is 0.550 e. The lowest BCUT2D eigenvalue weighted by Gasteiger charge is -2.05. The number of carboxylic acid groups (broad SMARTS) is 2. The molecule has 0 unspecified atom stereocenters. The molecule has 2 amide bonds. The Morgan fingerprint density at radius 2 is 1.53 bits per heavy atom. The second kappa shape index (κ2) is 12.6. The van der Waals surface area contributed by atoms with Crippen molar-refractivity contribution in [1.82, 2.24) is 15.3 Å².